The van der Waals surface area contributed by atoms with E-state index < -0.39 is 31.6 Å². The number of nitro groups is 1. The number of sulfonamides is 1. The summed E-state index contributed by atoms with van der Waals surface area (Å²) in [4.78, 5) is 24.0. The summed E-state index contributed by atoms with van der Waals surface area (Å²) in [6.07, 6.45) is 0. The monoisotopic (exact) mass is 490 g/mol. The van der Waals surface area contributed by atoms with Gasteiger partial charge < -0.3 is 5.73 Å². The van der Waals surface area contributed by atoms with Crippen molar-refractivity contribution in [1.29, 1.82) is 0 Å². The highest BCUT2D eigenvalue weighted by Crippen LogP contribution is 2.43. The number of nitrogens with zero attached hydrogens (tertiary/aromatic N) is 2. The molecule has 0 fully saturated rings. The van der Waals surface area contributed by atoms with Gasteiger partial charge in [0.1, 0.15) is 0 Å². The third-order valence-electron chi connectivity index (χ3n) is 4.24. The number of hydrogen-bond donors (Lipinski definition) is 2. The van der Waals surface area contributed by atoms with Gasteiger partial charge in [0.15, 0.2) is 0 Å². The van der Waals surface area contributed by atoms with Crippen molar-refractivity contribution in [2.24, 2.45) is 10.9 Å². The van der Waals surface area contributed by atoms with Gasteiger partial charge in [-0.05, 0) is 40.2 Å². The Morgan fingerprint density at radius 1 is 0.967 bits per heavy atom. The number of carbonyl (C=O) groups is 1. The predicted octanol–water partition coefficient (Wildman–Crippen LogP) is 3.89. The molecule has 154 valence electrons. The van der Waals surface area contributed by atoms with Crippen LogP contribution in [0.2, 0.25) is 0 Å². The molecule has 4 N–H and O–H groups in total. The quantitative estimate of drug-likeness (QED) is 0.410. The predicted molar refractivity (Wildman–Crippen MR) is 116 cm³/mol. The molecule has 0 spiro atoms. The number of nitrogens with two attached hydrogens (primary N) is 2. The number of primary amides is 1. The highest BCUT2D eigenvalue weighted by Gasteiger charge is 2.29. The van der Waals surface area contributed by atoms with E-state index in [0.29, 0.717) is 10.2 Å². The maximum Gasteiger partial charge on any atom is 0.323 e. The lowest BCUT2D eigenvalue weighted by Crippen LogP contribution is -2.32. The van der Waals surface area contributed by atoms with Gasteiger partial charge in [0.05, 0.1) is 26.8 Å². The van der Waals surface area contributed by atoms with Crippen molar-refractivity contribution in [3.63, 3.8) is 0 Å². The van der Waals surface area contributed by atoms with Crippen LogP contribution in [0.15, 0.2) is 76.1 Å². The average molecular weight is 491 g/mol. The summed E-state index contributed by atoms with van der Waals surface area (Å²) in [5.41, 5.74) is 5.53. The lowest BCUT2D eigenvalue weighted by atomic mass is 10.0. The summed E-state index contributed by atoms with van der Waals surface area (Å²) in [6.45, 7) is 0. The van der Waals surface area contributed by atoms with Crippen LogP contribution in [0.1, 0.15) is 0 Å². The first-order valence-electron chi connectivity index (χ1n) is 8.36. The molecule has 3 rings (SSSR count). The van der Waals surface area contributed by atoms with E-state index in [9.17, 15) is 23.3 Å². The van der Waals surface area contributed by atoms with E-state index in [0.717, 1.165) is 11.0 Å². The molecule has 0 saturated heterocycles. The molecule has 0 aromatic heterocycles. The van der Waals surface area contributed by atoms with E-state index in [4.69, 9.17) is 10.9 Å². The molecule has 11 heteroatoms. The lowest BCUT2D eigenvalue weighted by Gasteiger charge is -2.25. The summed E-state index contributed by atoms with van der Waals surface area (Å²) in [6, 6.07) is 15.5. The second-order valence-corrected chi connectivity index (χ2v) is 8.48. The molecule has 0 aliphatic heterocycles. The minimum Gasteiger partial charge on any atom is -0.351 e. The first-order chi connectivity index (χ1) is 14.1. The molecular weight excluding hydrogens is 476 g/mol. The van der Waals surface area contributed by atoms with Gasteiger partial charge in [0.25, 0.3) is 5.69 Å². The van der Waals surface area contributed by atoms with E-state index in [1.54, 1.807) is 36.4 Å². The molecule has 0 aliphatic rings. The van der Waals surface area contributed by atoms with E-state index >= 15 is 0 Å². The second kappa shape index (κ2) is 8.22. The largest absolute Gasteiger partial charge is 0.351 e. The summed E-state index contributed by atoms with van der Waals surface area (Å²) < 4.78 is 24.9. The number of urea groups is 1. The van der Waals surface area contributed by atoms with E-state index in [1.807, 2.05) is 0 Å². The van der Waals surface area contributed by atoms with Gasteiger partial charge in [-0.3, -0.25) is 15.0 Å². The van der Waals surface area contributed by atoms with Gasteiger partial charge in [-0.1, -0.05) is 36.4 Å². The molecular formula is C19H15BrN4O5S. The standard InChI is InChI=1S/C19H15BrN4O5S/c20-13-7-2-4-9-15(13)23(19(21)25)14-8-3-1-6-12(14)18-16(24(26)27)10-5-11-17(18)30(22,28)29/h1-11H,(H2,21,25)(H2,22,28,29). The number of halogens is 1. The van der Waals surface area contributed by atoms with Crippen LogP contribution < -0.4 is 15.8 Å². The Labute approximate surface area is 180 Å². The summed E-state index contributed by atoms with van der Waals surface area (Å²) in [5, 5.41) is 17.0. The zero-order chi connectivity index (χ0) is 22.1. The third kappa shape index (κ3) is 4.03. The molecule has 3 aromatic carbocycles. The Morgan fingerprint density at radius 3 is 2.13 bits per heavy atom. The van der Waals surface area contributed by atoms with E-state index in [1.165, 1.54) is 24.3 Å². The molecule has 0 heterocycles. The maximum atomic E-state index is 12.4. The van der Waals surface area contributed by atoms with Crippen LogP contribution in [0.5, 0.6) is 0 Å². The molecule has 0 radical (unpaired) electrons. The van der Waals surface area contributed by atoms with Gasteiger partial charge in [-0.15, -0.1) is 0 Å². The molecule has 3 aromatic rings. The zero-order valence-corrected chi connectivity index (χ0v) is 17.6. The minimum absolute atomic E-state index is 0.100. The van der Waals surface area contributed by atoms with Crippen molar-refractivity contribution in [3.05, 3.63) is 81.3 Å². The van der Waals surface area contributed by atoms with E-state index in [2.05, 4.69) is 15.9 Å². The van der Waals surface area contributed by atoms with Gasteiger partial charge in [-0.2, -0.15) is 0 Å². The molecule has 9 nitrogen and oxygen atoms in total. The van der Waals surface area contributed by atoms with Crippen LogP contribution in [0.25, 0.3) is 11.1 Å². The van der Waals surface area contributed by atoms with Gasteiger partial charge >= 0.3 is 6.03 Å². The van der Waals surface area contributed by atoms with Crippen LogP contribution in [-0.4, -0.2) is 19.4 Å². The van der Waals surface area contributed by atoms with Crippen molar-refractivity contribution >= 4 is 49.0 Å². The van der Waals surface area contributed by atoms with Crippen LogP contribution in [0.3, 0.4) is 0 Å². The molecule has 0 unspecified atom stereocenters. The van der Waals surface area contributed by atoms with Gasteiger partial charge in [-0.25, -0.2) is 18.4 Å². The number of primary sulfonamides is 1. The Balaban J connectivity index is 2.42. The number of carbonyl (C=O) groups excluding carboxylic acids is 1. The SMILES string of the molecule is NC(=O)N(c1ccccc1Br)c1ccccc1-c1c([N+](=O)[O-])cccc1S(N)(=O)=O. The highest BCUT2D eigenvalue weighted by atomic mass is 79.9. The van der Waals surface area contributed by atoms with E-state index in [-0.39, 0.29) is 16.8 Å². The molecule has 0 bridgehead atoms. The van der Waals surface area contributed by atoms with Crippen molar-refractivity contribution in [1.82, 2.24) is 0 Å². The highest BCUT2D eigenvalue weighted by molar-refractivity contribution is 9.10. The summed E-state index contributed by atoms with van der Waals surface area (Å²) in [7, 11) is -4.32. The summed E-state index contributed by atoms with van der Waals surface area (Å²) in [5.74, 6) is 0. The number of anilines is 2. The normalized spacial score (nSPS) is 11.1. The van der Waals surface area contributed by atoms with Gasteiger partial charge in [0.2, 0.25) is 10.0 Å². The second-order valence-electron chi connectivity index (χ2n) is 6.09. The Kier molecular flexibility index (Phi) is 5.87. The number of amides is 2. The first kappa shape index (κ1) is 21.4. The molecule has 0 saturated carbocycles. The zero-order valence-electron chi connectivity index (χ0n) is 15.2. The fourth-order valence-corrected chi connectivity index (χ4v) is 4.29. The summed E-state index contributed by atoms with van der Waals surface area (Å²) >= 11 is 3.35. The van der Waals surface area contributed by atoms with Gasteiger partial charge in [0, 0.05) is 16.1 Å². The maximum absolute atomic E-state index is 12.4. The third-order valence-corrected chi connectivity index (χ3v) is 5.86. The Bertz CT molecular complexity index is 1260. The molecule has 2 amide bonds. The first-order valence-corrected chi connectivity index (χ1v) is 10.7. The fourth-order valence-electron chi connectivity index (χ4n) is 3.06. The number of nitro benzene ring substituents is 1. The van der Waals surface area contributed by atoms with Crippen molar-refractivity contribution < 1.29 is 18.1 Å². The van der Waals surface area contributed by atoms with Crippen molar-refractivity contribution in [2.75, 3.05) is 4.90 Å². The average Bonchev–Trinajstić information content (AvgIpc) is 2.68. The lowest BCUT2D eigenvalue weighted by molar-refractivity contribution is -0.384. The van der Waals surface area contributed by atoms with Crippen molar-refractivity contribution in [2.45, 2.75) is 4.90 Å². The molecule has 0 aliphatic carbocycles. The minimum atomic E-state index is -4.32. The smallest absolute Gasteiger partial charge is 0.323 e. The molecule has 0 atom stereocenters. The fraction of sp³-hybridized carbons (Fsp3) is 0. The van der Waals surface area contributed by atoms with Crippen LogP contribution in [0.4, 0.5) is 21.9 Å². The van der Waals surface area contributed by atoms with Crippen LogP contribution >= 0.6 is 15.9 Å². The number of para-hydroxylation sites is 2. The topological polar surface area (TPSA) is 150 Å². The number of benzene rings is 3. The van der Waals surface area contributed by atoms with Crippen LogP contribution in [0, 0.1) is 10.1 Å². The Hall–Kier alpha value is -3.28. The molecule has 30 heavy (non-hydrogen) atoms. The van der Waals surface area contributed by atoms with Crippen LogP contribution in [-0.2, 0) is 10.0 Å². The number of hydrogen-bond acceptors (Lipinski definition) is 5. The number of rotatable bonds is 5. The Morgan fingerprint density at radius 2 is 1.57 bits per heavy atom. The van der Waals surface area contributed by atoms with Crippen molar-refractivity contribution in [3.8, 4) is 11.1 Å².